The second-order valence-corrected chi connectivity index (χ2v) is 16.9. The minimum Gasteiger partial charge on any atom is -0.747 e. The molecule has 0 heterocycles. The van der Waals surface area contributed by atoms with Crippen LogP contribution in [-0.2, 0) is 39.4 Å². The van der Waals surface area contributed by atoms with Crippen molar-refractivity contribution < 1.29 is 120 Å². The first-order chi connectivity index (χ1) is 24.4. The van der Waals surface area contributed by atoms with Crippen LogP contribution >= 0.6 is 0 Å². The Balaban J connectivity index is -0.0000130. The Bertz CT molecular complexity index is 1160. The standard InChI is InChI=1S/C35H66N2O13S2.2Na/c1-3-5-7-9-11-13-15-17-19-21-23-36(32(39)25-30(34(41)42)51(45,46)47)27-29(38)28-37(33(40)26-31(35(43)44)52(48,49)50)24-22-20-18-16-14-12-10-8-6-4-2;;/h29-31,38H,3-28H2,1-2H3,(H,41,42)(H,43,44)(H,45,46,47)(H,48,49,50);;/q;2*+1/p-2. The number of aliphatic hydroxyl groups is 1. The number of unbranched alkanes of at least 4 members (excludes halogenated alkanes) is 18. The van der Waals surface area contributed by atoms with Gasteiger partial charge in [0.25, 0.3) is 0 Å². The zero-order chi connectivity index (χ0) is 39.6. The van der Waals surface area contributed by atoms with Crippen LogP contribution in [0.4, 0.5) is 0 Å². The summed E-state index contributed by atoms with van der Waals surface area (Å²) in [5.74, 6) is -5.98. The minimum absolute atomic E-state index is 0. The average Bonchev–Trinajstić information content (AvgIpc) is 3.04. The van der Waals surface area contributed by atoms with Crippen LogP contribution in [0.3, 0.4) is 0 Å². The van der Waals surface area contributed by atoms with Crippen LogP contribution < -0.4 is 59.1 Å². The summed E-state index contributed by atoms with van der Waals surface area (Å²) in [6.45, 7) is 3.33. The molecule has 0 radical (unpaired) electrons. The van der Waals surface area contributed by atoms with E-state index in [1.54, 1.807) is 0 Å². The van der Waals surface area contributed by atoms with Crippen LogP contribution in [0.1, 0.15) is 155 Å². The van der Waals surface area contributed by atoms with E-state index in [4.69, 9.17) is 0 Å². The predicted octanol–water partition coefficient (Wildman–Crippen LogP) is -1.37. The molecule has 0 saturated heterocycles. The van der Waals surface area contributed by atoms with Crippen molar-refractivity contribution in [1.82, 2.24) is 9.80 Å². The second-order valence-electron chi connectivity index (χ2n) is 13.7. The van der Waals surface area contributed by atoms with E-state index in [0.717, 1.165) is 86.8 Å². The van der Waals surface area contributed by atoms with E-state index in [0.29, 0.717) is 25.7 Å². The molecule has 0 saturated carbocycles. The molecule has 2 atom stereocenters. The van der Waals surface area contributed by atoms with Gasteiger partial charge in [-0.25, -0.2) is 16.8 Å². The van der Waals surface area contributed by atoms with Gasteiger partial charge in [0.05, 0.1) is 18.9 Å². The molecule has 0 rings (SSSR count). The Morgan fingerprint density at radius 1 is 0.500 bits per heavy atom. The van der Waals surface area contributed by atoms with E-state index < -0.39 is 86.5 Å². The molecule has 0 aromatic carbocycles. The summed E-state index contributed by atoms with van der Waals surface area (Å²) in [7, 11) is -10.8. The molecule has 0 aromatic rings. The summed E-state index contributed by atoms with van der Waals surface area (Å²) in [6.07, 6.45) is 15.7. The van der Waals surface area contributed by atoms with Gasteiger partial charge in [0.15, 0.2) is 10.5 Å². The number of hydrogen-bond acceptors (Lipinski definition) is 11. The van der Waals surface area contributed by atoms with E-state index in [1.165, 1.54) is 25.7 Å². The number of hydrogen-bond donors (Lipinski definition) is 3. The normalized spacial score (nSPS) is 13.2. The van der Waals surface area contributed by atoms with Crippen molar-refractivity contribution in [2.45, 2.75) is 172 Å². The maximum Gasteiger partial charge on any atom is 1.00 e. The summed E-state index contributed by atoms with van der Waals surface area (Å²) in [6, 6.07) is 0. The minimum atomic E-state index is -5.39. The van der Waals surface area contributed by atoms with Crippen LogP contribution in [0.25, 0.3) is 0 Å². The third-order valence-corrected chi connectivity index (χ3v) is 11.2. The monoisotopic (exact) mass is 830 g/mol. The SMILES string of the molecule is CCCCCCCCCCCCN(CC(O)CN(CCCCCCCCCCCC)C(=O)CC(C(=O)O)S(=O)(=O)[O-])C(=O)CC(C(=O)O)S(=O)(=O)[O-].[Na+].[Na+]. The number of carboxylic acid groups (broad SMARTS) is 2. The van der Waals surface area contributed by atoms with E-state index in [9.17, 15) is 60.4 Å². The molecular formula is C35H64N2Na2O13S2. The summed E-state index contributed by atoms with van der Waals surface area (Å²) in [5, 5.41) is 24.5. The van der Waals surface area contributed by atoms with Crippen molar-refractivity contribution in [3.05, 3.63) is 0 Å². The first-order valence-electron chi connectivity index (χ1n) is 19.0. The van der Waals surface area contributed by atoms with Crippen molar-refractivity contribution in [2.75, 3.05) is 26.2 Å². The molecule has 19 heteroatoms. The van der Waals surface area contributed by atoms with Gasteiger partial charge in [0, 0.05) is 26.2 Å². The van der Waals surface area contributed by atoms with Crippen LogP contribution in [0.15, 0.2) is 0 Å². The predicted molar refractivity (Wildman–Crippen MR) is 194 cm³/mol. The number of carboxylic acids is 2. The topological polar surface area (TPSA) is 250 Å². The molecule has 0 aliphatic rings. The molecule has 15 nitrogen and oxygen atoms in total. The quantitative estimate of drug-likeness (QED) is 0.0385. The Morgan fingerprint density at radius 2 is 0.741 bits per heavy atom. The Labute approximate surface area is 368 Å². The fourth-order valence-corrected chi connectivity index (χ4v) is 7.17. The largest absolute Gasteiger partial charge is 1.00 e. The number of carbonyl (C=O) groups is 4. The van der Waals surface area contributed by atoms with Gasteiger partial charge >= 0.3 is 71.1 Å². The fourth-order valence-electron chi connectivity index (χ4n) is 5.98. The van der Waals surface area contributed by atoms with Crippen molar-refractivity contribution in [1.29, 1.82) is 0 Å². The van der Waals surface area contributed by atoms with Crippen LogP contribution in [0.5, 0.6) is 0 Å². The molecule has 2 amide bonds. The fraction of sp³-hybridized carbons (Fsp3) is 0.886. The Hall–Kier alpha value is -0.340. The van der Waals surface area contributed by atoms with E-state index in [-0.39, 0.29) is 72.2 Å². The molecule has 0 aliphatic heterocycles. The molecule has 0 aromatic heterocycles. The molecule has 54 heavy (non-hydrogen) atoms. The summed E-state index contributed by atoms with van der Waals surface area (Å²) >= 11 is 0. The number of rotatable bonds is 34. The Kier molecular flexibility index (Phi) is 36.1. The van der Waals surface area contributed by atoms with Crippen LogP contribution in [-0.4, -0.2) is 118 Å². The van der Waals surface area contributed by atoms with Gasteiger partial charge in [-0.05, 0) is 12.8 Å². The summed E-state index contributed by atoms with van der Waals surface area (Å²) in [5.41, 5.74) is 0. The van der Waals surface area contributed by atoms with Gasteiger partial charge in [-0.3, -0.25) is 19.2 Å². The van der Waals surface area contributed by atoms with E-state index in [1.807, 2.05) is 0 Å². The molecule has 0 aliphatic carbocycles. The first kappa shape index (κ1) is 58.0. The molecule has 306 valence electrons. The number of amides is 2. The van der Waals surface area contributed by atoms with Gasteiger partial charge in [-0.2, -0.15) is 0 Å². The molecule has 2 unspecified atom stereocenters. The molecule has 0 bridgehead atoms. The van der Waals surface area contributed by atoms with Crippen LogP contribution in [0, 0.1) is 0 Å². The van der Waals surface area contributed by atoms with Gasteiger partial charge in [-0.15, -0.1) is 0 Å². The van der Waals surface area contributed by atoms with Crippen molar-refractivity contribution in [3.8, 4) is 0 Å². The zero-order valence-electron chi connectivity index (χ0n) is 33.3. The smallest absolute Gasteiger partial charge is 0.747 e. The van der Waals surface area contributed by atoms with Gasteiger partial charge < -0.3 is 34.2 Å². The number of carbonyl (C=O) groups excluding carboxylic acids is 2. The number of aliphatic carboxylic acids is 2. The van der Waals surface area contributed by atoms with Crippen LogP contribution in [0.2, 0.25) is 0 Å². The molecular weight excluding hydrogens is 767 g/mol. The third kappa shape index (κ3) is 29.0. The summed E-state index contributed by atoms with van der Waals surface area (Å²) < 4.78 is 69.3. The van der Waals surface area contributed by atoms with E-state index >= 15 is 0 Å². The van der Waals surface area contributed by atoms with Crippen molar-refractivity contribution in [3.63, 3.8) is 0 Å². The van der Waals surface area contributed by atoms with Gasteiger partial charge in [0.2, 0.25) is 11.8 Å². The number of nitrogens with zero attached hydrogens (tertiary/aromatic N) is 2. The van der Waals surface area contributed by atoms with E-state index in [2.05, 4.69) is 13.8 Å². The molecule has 3 N–H and O–H groups in total. The summed E-state index contributed by atoms with van der Waals surface area (Å²) in [4.78, 5) is 51.4. The zero-order valence-corrected chi connectivity index (χ0v) is 38.9. The third-order valence-electron chi connectivity index (χ3n) is 9.10. The van der Waals surface area contributed by atoms with Crippen molar-refractivity contribution >= 4 is 44.0 Å². The maximum absolute atomic E-state index is 13.2. The maximum atomic E-state index is 13.2. The molecule has 0 spiro atoms. The van der Waals surface area contributed by atoms with Gasteiger partial charge in [-0.1, -0.05) is 129 Å². The first-order valence-corrected chi connectivity index (χ1v) is 22.0. The average molecular weight is 831 g/mol. The Morgan fingerprint density at radius 3 is 0.963 bits per heavy atom. The second kappa shape index (κ2) is 33.6. The molecule has 0 fully saturated rings. The van der Waals surface area contributed by atoms with Gasteiger partial charge in [0.1, 0.15) is 20.2 Å². The number of aliphatic hydroxyl groups excluding tert-OH is 1. The van der Waals surface area contributed by atoms with Crippen molar-refractivity contribution in [2.24, 2.45) is 0 Å².